The highest BCUT2D eigenvalue weighted by atomic mass is 79.9. The minimum Gasteiger partial charge on any atom is -0.347 e. The quantitative estimate of drug-likeness (QED) is 0.823. The van der Waals surface area contributed by atoms with E-state index in [4.69, 9.17) is 0 Å². The maximum absolute atomic E-state index is 12.4. The molecule has 0 aromatic heterocycles. The van der Waals surface area contributed by atoms with Crippen LogP contribution in [-0.4, -0.2) is 24.9 Å². The summed E-state index contributed by atoms with van der Waals surface area (Å²) < 4.78 is 0.931. The second-order valence-electron chi connectivity index (χ2n) is 5.56. The Kier molecular flexibility index (Phi) is 6.55. The Morgan fingerprint density at radius 3 is 2.54 bits per heavy atom. The maximum Gasteiger partial charge on any atom is 0.246 e. The summed E-state index contributed by atoms with van der Waals surface area (Å²) in [5.41, 5.74) is 2.85. The van der Waals surface area contributed by atoms with E-state index >= 15 is 0 Å². The van der Waals surface area contributed by atoms with Crippen LogP contribution in [0.4, 0.5) is 5.69 Å². The molecule has 24 heavy (non-hydrogen) atoms. The topological polar surface area (TPSA) is 49.4 Å². The van der Waals surface area contributed by atoms with E-state index in [1.165, 1.54) is 0 Å². The molecular formula is C19H21BrN2O2. The number of anilines is 1. The SMILES string of the molecule is CCN(C(=O)CNC(=O)Cc1cccc(Br)c1)c1cccc(C)c1. The Morgan fingerprint density at radius 1 is 1.12 bits per heavy atom. The molecule has 0 atom stereocenters. The summed E-state index contributed by atoms with van der Waals surface area (Å²) in [6, 6.07) is 15.3. The number of rotatable bonds is 6. The van der Waals surface area contributed by atoms with Crippen molar-refractivity contribution >= 4 is 33.4 Å². The maximum atomic E-state index is 12.4. The number of halogens is 1. The molecule has 2 rings (SSSR count). The molecule has 4 nitrogen and oxygen atoms in total. The molecule has 2 amide bonds. The lowest BCUT2D eigenvalue weighted by molar-refractivity contribution is -0.124. The average molecular weight is 389 g/mol. The van der Waals surface area contributed by atoms with Crippen molar-refractivity contribution in [3.63, 3.8) is 0 Å². The lowest BCUT2D eigenvalue weighted by Crippen LogP contribution is -2.40. The Bertz CT molecular complexity index is 731. The van der Waals surface area contributed by atoms with Crippen molar-refractivity contribution in [2.75, 3.05) is 18.0 Å². The van der Waals surface area contributed by atoms with Crippen molar-refractivity contribution < 1.29 is 9.59 Å². The number of nitrogens with zero attached hydrogens (tertiary/aromatic N) is 1. The summed E-state index contributed by atoms with van der Waals surface area (Å²) in [6.45, 7) is 4.46. The van der Waals surface area contributed by atoms with Crippen LogP contribution in [0.15, 0.2) is 53.0 Å². The van der Waals surface area contributed by atoms with Gasteiger partial charge in [0.2, 0.25) is 11.8 Å². The first-order valence-electron chi connectivity index (χ1n) is 7.87. The Labute approximate surface area is 151 Å². The molecule has 0 aliphatic rings. The number of likely N-dealkylation sites (N-methyl/N-ethyl adjacent to an activating group) is 1. The molecule has 1 N–H and O–H groups in total. The summed E-state index contributed by atoms with van der Waals surface area (Å²) in [6.07, 6.45) is 0.253. The zero-order valence-electron chi connectivity index (χ0n) is 13.9. The number of nitrogens with one attached hydrogen (secondary N) is 1. The largest absolute Gasteiger partial charge is 0.347 e. The summed E-state index contributed by atoms with van der Waals surface area (Å²) in [4.78, 5) is 26.1. The van der Waals surface area contributed by atoms with Gasteiger partial charge in [0.25, 0.3) is 0 Å². The van der Waals surface area contributed by atoms with Gasteiger partial charge in [0, 0.05) is 16.7 Å². The molecular weight excluding hydrogens is 368 g/mol. The van der Waals surface area contributed by atoms with Gasteiger partial charge in [0.1, 0.15) is 0 Å². The van der Waals surface area contributed by atoms with Crippen molar-refractivity contribution in [1.82, 2.24) is 5.32 Å². The van der Waals surface area contributed by atoms with E-state index in [-0.39, 0.29) is 24.8 Å². The van der Waals surface area contributed by atoms with Crippen molar-refractivity contribution in [3.8, 4) is 0 Å². The van der Waals surface area contributed by atoms with Crippen LogP contribution in [0.25, 0.3) is 0 Å². The van der Waals surface area contributed by atoms with Crippen LogP contribution in [-0.2, 0) is 16.0 Å². The van der Waals surface area contributed by atoms with Gasteiger partial charge in [-0.25, -0.2) is 0 Å². The molecule has 0 bridgehead atoms. The first-order valence-corrected chi connectivity index (χ1v) is 8.67. The molecule has 2 aromatic carbocycles. The first-order chi connectivity index (χ1) is 11.5. The Balaban J connectivity index is 1.92. The van der Waals surface area contributed by atoms with Gasteiger partial charge in [-0.2, -0.15) is 0 Å². The zero-order valence-corrected chi connectivity index (χ0v) is 15.5. The molecule has 0 spiro atoms. The van der Waals surface area contributed by atoms with Gasteiger partial charge < -0.3 is 10.2 Å². The van der Waals surface area contributed by atoms with Gasteiger partial charge >= 0.3 is 0 Å². The summed E-state index contributed by atoms with van der Waals surface area (Å²) in [7, 11) is 0. The van der Waals surface area contributed by atoms with Crippen molar-refractivity contribution in [2.45, 2.75) is 20.3 Å². The Hall–Kier alpha value is -2.14. The average Bonchev–Trinajstić information content (AvgIpc) is 2.54. The molecule has 0 aliphatic carbocycles. The van der Waals surface area contributed by atoms with Crippen LogP contribution in [0.2, 0.25) is 0 Å². The lowest BCUT2D eigenvalue weighted by Gasteiger charge is -2.21. The van der Waals surface area contributed by atoms with E-state index in [9.17, 15) is 9.59 Å². The van der Waals surface area contributed by atoms with E-state index < -0.39 is 0 Å². The third-order valence-corrected chi connectivity index (χ3v) is 4.11. The second kappa shape index (κ2) is 8.64. The molecule has 126 valence electrons. The molecule has 0 aliphatic heterocycles. The number of hydrogen-bond acceptors (Lipinski definition) is 2. The van der Waals surface area contributed by atoms with E-state index in [1.54, 1.807) is 4.90 Å². The van der Waals surface area contributed by atoms with Gasteiger partial charge in [-0.3, -0.25) is 9.59 Å². The molecule has 0 saturated carbocycles. The smallest absolute Gasteiger partial charge is 0.246 e. The van der Waals surface area contributed by atoms with Crippen molar-refractivity contribution in [3.05, 3.63) is 64.1 Å². The molecule has 0 saturated heterocycles. The van der Waals surface area contributed by atoms with E-state index in [1.807, 2.05) is 62.4 Å². The zero-order chi connectivity index (χ0) is 17.5. The predicted molar refractivity (Wildman–Crippen MR) is 100 cm³/mol. The van der Waals surface area contributed by atoms with Crippen LogP contribution >= 0.6 is 15.9 Å². The second-order valence-corrected chi connectivity index (χ2v) is 6.48. The normalized spacial score (nSPS) is 10.3. The van der Waals surface area contributed by atoms with Crippen LogP contribution in [0, 0.1) is 6.92 Å². The Morgan fingerprint density at radius 2 is 1.88 bits per heavy atom. The minimum absolute atomic E-state index is 0.00534. The summed E-state index contributed by atoms with van der Waals surface area (Å²) in [5.74, 6) is -0.285. The highest BCUT2D eigenvalue weighted by Crippen LogP contribution is 2.16. The number of aryl methyl sites for hydroxylation is 1. The molecule has 5 heteroatoms. The van der Waals surface area contributed by atoms with Gasteiger partial charge in [0.05, 0.1) is 13.0 Å². The van der Waals surface area contributed by atoms with E-state index in [0.717, 1.165) is 21.3 Å². The molecule has 0 fully saturated rings. The van der Waals surface area contributed by atoms with Gasteiger partial charge in [-0.1, -0.05) is 40.2 Å². The van der Waals surface area contributed by atoms with Crippen molar-refractivity contribution in [1.29, 1.82) is 0 Å². The lowest BCUT2D eigenvalue weighted by atomic mass is 10.1. The van der Waals surface area contributed by atoms with Crippen LogP contribution < -0.4 is 10.2 Å². The van der Waals surface area contributed by atoms with Crippen LogP contribution in [0.3, 0.4) is 0 Å². The standard InChI is InChI=1S/C19H21BrN2O2/c1-3-22(17-9-4-6-14(2)10-17)19(24)13-21-18(23)12-15-7-5-8-16(20)11-15/h4-11H,3,12-13H2,1-2H3,(H,21,23). The third-order valence-electron chi connectivity index (χ3n) is 3.62. The van der Waals surface area contributed by atoms with E-state index in [2.05, 4.69) is 21.2 Å². The summed E-state index contributed by atoms with van der Waals surface area (Å²) >= 11 is 3.38. The van der Waals surface area contributed by atoms with Gasteiger partial charge in [-0.05, 0) is 49.2 Å². The fraction of sp³-hybridized carbons (Fsp3) is 0.263. The highest BCUT2D eigenvalue weighted by molar-refractivity contribution is 9.10. The minimum atomic E-state index is -0.165. The number of carbonyl (C=O) groups is 2. The highest BCUT2D eigenvalue weighted by Gasteiger charge is 2.15. The molecule has 0 heterocycles. The number of hydrogen-bond donors (Lipinski definition) is 1. The van der Waals surface area contributed by atoms with Crippen LogP contribution in [0.5, 0.6) is 0 Å². The molecule has 0 unspecified atom stereocenters. The number of benzene rings is 2. The monoisotopic (exact) mass is 388 g/mol. The molecule has 2 aromatic rings. The fourth-order valence-corrected chi connectivity index (χ4v) is 2.91. The predicted octanol–water partition coefficient (Wildman–Crippen LogP) is 3.47. The van der Waals surface area contributed by atoms with Crippen LogP contribution in [0.1, 0.15) is 18.1 Å². The van der Waals surface area contributed by atoms with E-state index in [0.29, 0.717) is 6.54 Å². The molecule has 0 radical (unpaired) electrons. The number of carbonyl (C=O) groups excluding carboxylic acids is 2. The number of amides is 2. The van der Waals surface area contributed by atoms with Crippen molar-refractivity contribution in [2.24, 2.45) is 0 Å². The van der Waals surface area contributed by atoms with Gasteiger partial charge in [0.15, 0.2) is 0 Å². The first kappa shape index (κ1) is 18.2. The van der Waals surface area contributed by atoms with Gasteiger partial charge in [-0.15, -0.1) is 0 Å². The summed E-state index contributed by atoms with van der Waals surface area (Å²) in [5, 5.41) is 2.70. The third kappa shape index (κ3) is 5.20. The fourth-order valence-electron chi connectivity index (χ4n) is 2.46.